The Hall–Kier alpha value is -1.13. The Labute approximate surface area is 83.9 Å². The van der Waals surface area contributed by atoms with Crippen LogP contribution in [0.25, 0.3) is 0 Å². The lowest BCUT2D eigenvalue weighted by Gasteiger charge is -2.05. The summed E-state index contributed by atoms with van der Waals surface area (Å²) < 4.78 is 1.98. The molecule has 0 saturated heterocycles. The van der Waals surface area contributed by atoms with Gasteiger partial charge in [-0.05, 0) is 11.6 Å². The van der Waals surface area contributed by atoms with Crippen LogP contribution in [-0.2, 0) is 13.6 Å². The number of rotatable bonds is 4. The maximum absolute atomic E-state index is 8.60. The molecule has 78 valence electrons. The van der Waals surface area contributed by atoms with Gasteiger partial charge < -0.3 is 15.0 Å². The first-order valence-corrected chi connectivity index (χ1v) is 4.68. The zero-order valence-electron chi connectivity index (χ0n) is 8.70. The van der Waals surface area contributed by atoms with E-state index in [1.807, 2.05) is 29.9 Å². The van der Waals surface area contributed by atoms with E-state index in [1.165, 1.54) is 5.56 Å². The van der Waals surface area contributed by atoms with Crippen molar-refractivity contribution < 1.29 is 5.11 Å². The molecule has 1 heterocycles. The molecule has 0 aliphatic rings. The van der Waals surface area contributed by atoms with Crippen LogP contribution in [0.15, 0.2) is 23.3 Å². The van der Waals surface area contributed by atoms with Crippen LogP contribution in [0.2, 0.25) is 0 Å². The Balaban J connectivity index is 2.67. The number of aliphatic hydroxyl groups is 1. The molecule has 4 nitrogen and oxygen atoms in total. The lowest BCUT2D eigenvalue weighted by atomic mass is 10.3. The Morgan fingerprint density at radius 2 is 2.29 bits per heavy atom. The zero-order chi connectivity index (χ0) is 10.4. The van der Waals surface area contributed by atoms with Gasteiger partial charge in [0, 0.05) is 33.4 Å². The molecule has 1 aromatic rings. The maximum Gasteiger partial charge on any atom is 0.126 e. The van der Waals surface area contributed by atoms with E-state index in [9.17, 15) is 0 Å². The average molecular weight is 195 g/mol. The van der Waals surface area contributed by atoms with Crippen LogP contribution in [0, 0.1) is 0 Å². The summed E-state index contributed by atoms with van der Waals surface area (Å²) in [6, 6.07) is 4.02. The summed E-state index contributed by atoms with van der Waals surface area (Å²) in [6.45, 7) is 1.58. The van der Waals surface area contributed by atoms with Gasteiger partial charge >= 0.3 is 0 Å². The number of aliphatic hydroxyl groups excluding tert-OH is 1. The number of aromatic nitrogens is 1. The van der Waals surface area contributed by atoms with Crippen LogP contribution in [0.4, 0.5) is 0 Å². The van der Waals surface area contributed by atoms with Crippen molar-refractivity contribution >= 4 is 0 Å². The summed E-state index contributed by atoms with van der Waals surface area (Å²) in [5.74, 6) is 0. The van der Waals surface area contributed by atoms with Gasteiger partial charge in [-0.3, -0.25) is 4.99 Å². The molecular weight excluding hydrogens is 178 g/mol. The molecule has 0 aliphatic carbocycles. The normalized spacial score (nSPS) is 12.1. The minimum Gasteiger partial charge on any atom is -0.395 e. The fourth-order valence-electron chi connectivity index (χ4n) is 1.31. The van der Waals surface area contributed by atoms with Crippen molar-refractivity contribution in [1.29, 1.82) is 0 Å². The molecule has 0 radical (unpaired) electrons. The van der Waals surface area contributed by atoms with Crippen molar-refractivity contribution in [1.82, 2.24) is 9.88 Å². The summed E-state index contributed by atoms with van der Waals surface area (Å²) in [5, 5.41) is 11.7. The summed E-state index contributed by atoms with van der Waals surface area (Å²) in [6.07, 6.45) is 2.03. The predicted molar refractivity (Wildman–Crippen MR) is 55.7 cm³/mol. The molecule has 14 heavy (non-hydrogen) atoms. The van der Waals surface area contributed by atoms with Gasteiger partial charge in [-0.25, -0.2) is 0 Å². The molecule has 4 heteroatoms. The molecule has 1 aromatic heterocycles. The maximum atomic E-state index is 8.60. The van der Waals surface area contributed by atoms with Gasteiger partial charge in [-0.1, -0.05) is 6.07 Å². The second kappa shape index (κ2) is 5.57. The van der Waals surface area contributed by atoms with Gasteiger partial charge in [0.15, 0.2) is 0 Å². The lowest BCUT2D eigenvalue weighted by Crippen LogP contribution is -2.21. The minimum atomic E-state index is 0.175. The van der Waals surface area contributed by atoms with Crippen molar-refractivity contribution in [2.24, 2.45) is 12.0 Å². The highest BCUT2D eigenvalue weighted by Crippen LogP contribution is 1.93. The van der Waals surface area contributed by atoms with E-state index in [2.05, 4.69) is 10.3 Å². The first kappa shape index (κ1) is 10.9. The Morgan fingerprint density at radius 1 is 1.50 bits per heavy atom. The van der Waals surface area contributed by atoms with Gasteiger partial charge in [-0.2, -0.15) is 0 Å². The van der Waals surface area contributed by atoms with Gasteiger partial charge in [0.05, 0.1) is 6.61 Å². The summed E-state index contributed by atoms with van der Waals surface area (Å²) in [5.41, 5.74) is 2.14. The highest BCUT2D eigenvalue weighted by Gasteiger charge is 1.93. The average Bonchev–Trinajstić information content (AvgIpc) is 2.18. The van der Waals surface area contributed by atoms with Crippen LogP contribution in [0.5, 0.6) is 0 Å². The fourth-order valence-corrected chi connectivity index (χ4v) is 1.31. The quantitative estimate of drug-likeness (QED) is 0.644. The van der Waals surface area contributed by atoms with E-state index in [4.69, 9.17) is 5.11 Å². The highest BCUT2D eigenvalue weighted by molar-refractivity contribution is 5.09. The molecule has 0 aliphatic heterocycles. The van der Waals surface area contributed by atoms with E-state index < -0.39 is 0 Å². The third-order valence-corrected chi connectivity index (χ3v) is 2.01. The van der Waals surface area contributed by atoms with Crippen molar-refractivity contribution in [3.63, 3.8) is 0 Å². The van der Waals surface area contributed by atoms with E-state index in [1.54, 1.807) is 7.05 Å². The largest absolute Gasteiger partial charge is 0.395 e. The number of hydrogen-bond donors (Lipinski definition) is 2. The van der Waals surface area contributed by atoms with E-state index in [0.29, 0.717) is 6.54 Å². The third-order valence-electron chi connectivity index (χ3n) is 2.01. The summed E-state index contributed by atoms with van der Waals surface area (Å²) >= 11 is 0. The number of aryl methyl sites for hydroxylation is 1. The standard InChI is InChI=1S/C10H17N3O/c1-11-10-4-3-9(8-13(10)2)7-12-5-6-14/h3-4,8,12,14H,5-7H2,1-2H3. The van der Waals surface area contributed by atoms with E-state index in [-0.39, 0.29) is 6.61 Å². The first-order valence-electron chi connectivity index (χ1n) is 4.68. The second-order valence-electron chi connectivity index (χ2n) is 3.13. The number of nitrogens with zero attached hydrogens (tertiary/aromatic N) is 2. The number of hydrogen-bond acceptors (Lipinski definition) is 3. The van der Waals surface area contributed by atoms with Crippen molar-refractivity contribution in [2.75, 3.05) is 20.2 Å². The van der Waals surface area contributed by atoms with Gasteiger partial charge in [-0.15, -0.1) is 0 Å². The van der Waals surface area contributed by atoms with E-state index >= 15 is 0 Å². The third kappa shape index (κ3) is 2.97. The van der Waals surface area contributed by atoms with Crippen LogP contribution in [0.3, 0.4) is 0 Å². The van der Waals surface area contributed by atoms with Crippen molar-refractivity contribution in [2.45, 2.75) is 6.54 Å². The van der Waals surface area contributed by atoms with Crippen LogP contribution in [-0.4, -0.2) is 29.9 Å². The smallest absolute Gasteiger partial charge is 0.126 e. The Morgan fingerprint density at radius 3 is 2.86 bits per heavy atom. The second-order valence-corrected chi connectivity index (χ2v) is 3.13. The van der Waals surface area contributed by atoms with Gasteiger partial charge in [0.2, 0.25) is 0 Å². The Bertz CT molecular complexity index is 343. The molecule has 0 spiro atoms. The topological polar surface area (TPSA) is 49.6 Å². The molecule has 0 unspecified atom stereocenters. The number of nitrogens with one attached hydrogen (secondary N) is 1. The molecule has 0 amide bonds. The van der Waals surface area contributed by atoms with E-state index in [0.717, 1.165) is 12.0 Å². The summed E-state index contributed by atoms with van der Waals surface area (Å²) in [7, 11) is 3.75. The van der Waals surface area contributed by atoms with Crippen LogP contribution < -0.4 is 10.8 Å². The highest BCUT2D eigenvalue weighted by atomic mass is 16.3. The molecular formula is C10H17N3O. The monoisotopic (exact) mass is 195 g/mol. The molecule has 0 aromatic carbocycles. The summed E-state index contributed by atoms with van der Waals surface area (Å²) in [4.78, 5) is 4.11. The SMILES string of the molecule is CN=c1ccc(CNCCO)cn1C. The molecule has 0 bridgehead atoms. The van der Waals surface area contributed by atoms with Crippen molar-refractivity contribution in [3.8, 4) is 0 Å². The molecule has 0 fully saturated rings. The minimum absolute atomic E-state index is 0.175. The first-order chi connectivity index (χ1) is 6.77. The number of pyridine rings is 1. The molecule has 1 rings (SSSR count). The van der Waals surface area contributed by atoms with Gasteiger partial charge in [0.1, 0.15) is 5.49 Å². The van der Waals surface area contributed by atoms with Crippen LogP contribution >= 0.6 is 0 Å². The lowest BCUT2D eigenvalue weighted by molar-refractivity contribution is 0.292. The molecule has 0 atom stereocenters. The predicted octanol–water partition coefficient (Wildman–Crippen LogP) is -0.362. The molecule has 0 saturated carbocycles. The van der Waals surface area contributed by atoms with Crippen LogP contribution in [0.1, 0.15) is 5.56 Å². The van der Waals surface area contributed by atoms with Crippen molar-refractivity contribution in [3.05, 3.63) is 29.4 Å². The fraction of sp³-hybridized carbons (Fsp3) is 0.500. The Kier molecular flexibility index (Phi) is 4.35. The van der Waals surface area contributed by atoms with Gasteiger partial charge in [0.25, 0.3) is 0 Å². The molecule has 2 N–H and O–H groups in total. The zero-order valence-corrected chi connectivity index (χ0v) is 8.70.